The van der Waals surface area contributed by atoms with Gasteiger partial charge in [-0.2, -0.15) is 0 Å². The maximum atomic E-state index is 12.4. The van der Waals surface area contributed by atoms with Crippen molar-refractivity contribution in [3.05, 3.63) is 46.9 Å². The van der Waals surface area contributed by atoms with Gasteiger partial charge in [-0.25, -0.2) is 9.97 Å². The Hall–Kier alpha value is -2.18. The minimum Gasteiger partial charge on any atom is -0.353 e. The first-order valence-electron chi connectivity index (χ1n) is 8.43. The van der Waals surface area contributed by atoms with Crippen LogP contribution in [0.3, 0.4) is 0 Å². The highest BCUT2D eigenvalue weighted by molar-refractivity contribution is 6.31. The number of hydrogen-bond donors (Lipinski definition) is 1. The molecule has 1 N–H and O–H groups in total. The molecule has 0 aliphatic carbocycles. The van der Waals surface area contributed by atoms with E-state index >= 15 is 0 Å². The number of hydrogen-bond acceptors (Lipinski definition) is 5. The summed E-state index contributed by atoms with van der Waals surface area (Å²) in [6.45, 7) is 9.05. The van der Waals surface area contributed by atoms with Crippen LogP contribution in [-0.2, 0) is 0 Å². The molecule has 7 heteroatoms. The Kier molecular flexibility index (Phi) is 5.50. The number of nitrogens with zero attached hydrogens (tertiary/aromatic N) is 4. The van der Waals surface area contributed by atoms with E-state index in [9.17, 15) is 4.79 Å². The van der Waals surface area contributed by atoms with Gasteiger partial charge in [-0.05, 0) is 31.2 Å². The normalized spacial score (nSPS) is 15.2. The molecule has 1 aliphatic rings. The molecule has 132 valence electrons. The van der Waals surface area contributed by atoms with Gasteiger partial charge >= 0.3 is 0 Å². The molecule has 1 aliphatic heterocycles. The Bertz CT molecular complexity index is 742. The summed E-state index contributed by atoms with van der Waals surface area (Å²) >= 11 is 5.99. The first kappa shape index (κ1) is 17.6. The molecule has 1 fully saturated rings. The molecule has 0 bridgehead atoms. The number of rotatable bonds is 4. The van der Waals surface area contributed by atoms with Gasteiger partial charge in [0.25, 0.3) is 5.91 Å². The second kappa shape index (κ2) is 7.80. The molecule has 0 radical (unpaired) electrons. The summed E-state index contributed by atoms with van der Waals surface area (Å²) in [5, 5.41) is 3.41. The predicted molar refractivity (Wildman–Crippen MR) is 101 cm³/mol. The number of carbonyl (C=O) groups is 1. The van der Waals surface area contributed by atoms with E-state index in [1.165, 1.54) is 6.20 Å². The Morgan fingerprint density at radius 1 is 1.20 bits per heavy atom. The van der Waals surface area contributed by atoms with Gasteiger partial charge in [0.2, 0.25) is 0 Å². The average Bonchev–Trinajstić information content (AvgIpc) is 2.65. The smallest absolute Gasteiger partial charge is 0.275 e. The Labute approximate surface area is 152 Å². The average molecular weight is 360 g/mol. The first-order valence-corrected chi connectivity index (χ1v) is 8.81. The third-order valence-electron chi connectivity index (χ3n) is 4.46. The van der Waals surface area contributed by atoms with Gasteiger partial charge in [-0.1, -0.05) is 24.6 Å². The number of benzene rings is 1. The number of nitrogens with one attached hydrogen (secondary N) is 1. The van der Waals surface area contributed by atoms with Crippen LogP contribution in [0, 0.1) is 6.92 Å². The van der Waals surface area contributed by atoms with E-state index in [1.807, 2.05) is 13.0 Å². The summed E-state index contributed by atoms with van der Waals surface area (Å²) in [6, 6.07) is 5.38. The molecular formula is C18H22ClN5O. The van der Waals surface area contributed by atoms with Gasteiger partial charge in [-0.3, -0.25) is 4.79 Å². The van der Waals surface area contributed by atoms with Crippen LogP contribution < -0.4 is 10.2 Å². The lowest BCUT2D eigenvalue weighted by molar-refractivity contribution is 0.102. The molecule has 0 spiro atoms. The van der Waals surface area contributed by atoms with E-state index in [-0.39, 0.29) is 11.6 Å². The van der Waals surface area contributed by atoms with E-state index < -0.39 is 0 Å². The van der Waals surface area contributed by atoms with Crippen molar-refractivity contribution in [1.82, 2.24) is 14.9 Å². The van der Waals surface area contributed by atoms with Crippen LogP contribution in [0.15, 0.2) is 30.6 Å². The van der Waals surface area contributed by atoms with Crippen LogP contribution >= 0.6 is 11.6 Å². The van der Waals surface area contributed by atoms with E-state index in [0.717, 1.165) is 44.1 Å². The lowest BCUT2D eigenvalue weighted by Gasteiger charge is -2.34. The molecular weight excluding hydrogens is 338 g/mol. The van der Waals surface area contributed by atoms with E-state index in [1.54, 1.807) is 18.3 Å². The zero-order chi connectivity index (χ0) is 17.8. The summed E-state index contributed by atoms with van der Waals surface area (Å²) in [4.78, 5) is 25.7. The molecule has 0 saturated carbocycles. The second-order valence-electron chi connectivity index (χ2n) is 6.09. The number of aromatic nitrogens is 2. The van der Waals surface area contributed by atoms with Crippen molar-refractivity contribution in [1.29, 1.82) is 0 Å². The zero-order valence-corrected chi connectivity index (χ0v) is 15.3. The maximum Gasteiger partial charge on any atom is 0.275 e. The van der Waals surface area contributed by atoms with Crippen molar-refractivity contribution in [2.45, 2.75) is 13.8 Å². The zero-order valence-electron chi connectivity index (χ0n) is 14.5. The number of halogens is 1. The predicted octanol–water partition coefficient (Wildman–Crippen LogP) is 2.83. The quantitative estimate of drug-likeness (QED) is 0.909. The molecule has 3 rings (SSSR count). The SMILES string of the molecule is CCN1CCN(c2cnc(C(=O)Nc3cc(Cl)ccc3C)cn2)CC1. The topological polar surface area (TPSA) is 61.4 Å². The molecule has 0 atom stereocenters. The lowest BCUT2D eigenvalue weighted by Crippen LogP contribution is -2.46. The summed E-state index contributed by atoms with van der Waals surface area (Å²) in [5.74, 6) is 0.520. The monoisotopic (exact) mass is 359 g/mol. The summed E-state index contributed by atoms with van der Waals surface area (Å²) in [5.41, 5.74) is 1.91. The molecule has 25 heavy (non-hydrogen) atoms. The number of likely N-dealkylation sites (N-methyl/N-ethyl adjacent to an activating group) is 1. The molecule has 1 amide bonds. The van der Waals surface area contributed by atoms with Crippen LogP contribution in [0.25, 0.3) is 0 Å². The van der Waals surface area contributed by atoms with Gasteiger partial charge in [-0.15, -0.1) is 0 Å². The fraction of sp³-hybridized carbons (Fsp3) is 0.389. The molecule has 1 aromatic carbocycles. The van der Waals surface area contributed by atoms with Gasteiger partial charge in [0, 0.05) is 36.9 Å². The Balaban J connectivity index is 1.66. The standard InChI is InChI=1S/C18H22ClN5O/c1-3-23-6-8-24(9-7-23)17-12-20-16(11-21-17)18(25)22-15-10-14(19)5-4-13(15)2/h4-5,10-12H,3,6-9H2,1-2H3,(H,22,25). The third kappa shape index (κ3) is 4.27. The van der Waals surface area contributed by atoms with Crippen LogP contribution in [0.1, 0.15) is 23.0 Å². The van der Waals surface area contributed by atoms with Crippen molar-refractivity contribution < 1.29 is 4.79 Å². The van der Waals surface area contributed by atoms with Crippen molar-refractivity contribution in [2.75, 3.05) is 42.9 Å². The van der Waals surface area contributed by atoms with Crippen LogP contribution in [0.2, 0.25) is 5.02 Å². The van der Waals surface area contributed by atoms with Crippen molar-refractivity contribution >= 4 is 29.0 Å². The molecule has 2 heterocycles. The van der Waals surface area contributed by atoms with E-state index in [4.69, 9.17) is 11.6 Å². The van der Waals surface area contributed by atoms with Crippen LogP contribution in [-0.4, -0.2) is 53.5 Å². The largest absolute Gasteiger partial charge is 0.353 e. The fourth-order valence-electron chi connectivity index (χ4n) is 2.81. The Morgan fingerprint density at radius 2 is 1.96 bits per heavy atom. The van der Waals surface area contributed by atoms with Crippen LogP contribution in [0.5, 0.6) is 0 Å². The van der Waals surface area contributed by atoms with Gasteiger partial charge in [0.1, 0.15) is 11.5 Å². The lowest BCUT2D eigenvalue weighted by atomic mass is 10.2. The summed E-state index contributed by atoms with van der Waals surface area (Å²) < 4.78 is 0. The minimum atomic E-state index is -0.291. The number of carbonyl (C=O) groups excluding carboxylic acids is 1. The second-order valence-corrected chi connectivity index (χ2v) is 6.53. The number of piperazine rings is 1. The molecule has 1 aromatic heterocycles. The van der Waals surface area contributed by atoms with Gasteiger partial charge in [0.15, 0.2) is 0 Å². The van der Waals surface area contributed by atoms with E-state index in [2.05, 4.69) is 32.0 Å². The van der Waals surface area contributed by atoms with Crippen molar-refractivity contribution in [2.24, 2.45) is 0 Å². The first-order chi connectivity index (χ1) is 12.1. The number of aryl methyl sites for hydroxylation is 1. The van der Waals surface area contributed by atoms with Gasteiger partial charge in [0.05, 0.1) is 12.4 Å². The van der Waals surface area contributed by atoms with Crippen molar-refractivity contribution in [3.63, 3.8) is 0 Å². The fourth-order valence-corrected chi connectivity index (χ4v) is 2.98. The molecule has 0 unspecified atom stereocenters. The highest BCUT2D eigenvalue weighted by Crippen LogP contribution is 2.21. The third-order valence-corrected chi connectivity index (χ3v) is 4.70. The Morgan fingerprint density at radius 3 is 2.60 bits per heavy atom. The number of amides is 1. The summed E-state index contributed by atoms with van der Waals surface area (Å²) in [7, 11) is 0. The van der Waals surface area contributed by atoms with Crippen molar-refractivity contribution in [3.8, 4) is 0 Å². The summed E-state index contributed by atoms with van der Waals surface area (Å²) in [6.07, 6.45) is 3.19. The maximum absolute atomic E-state index is 12.4. The molecule has 2 aromatic rings. The highest BCUT2D eigenvalue weighted by atomic mass is 35.5. The highest BCUT2D eigenvalue weighted by Gasteiger charge is 2.18. The molecule has 1 saturated heterocycles. The molecule has 6 nitrogen and oxygen atoms in total. The van der Waals surface area contributed by atoms with Gasteiger partial charge < -0.3 is 15.1 Å². The minimum absolute atomic E-state index is 0.287. The van der Waals surface area contributed by atoms with E-state index in [0.29, 0.717) is 10.7 Å². The number of anilines is 2. The van der Waals surface area contributed by atoms with Crippen LogP contribution in [0.4, 0.5) is 11.5 Å².